The van der Waals surface area contributed by atoms with E-state index in [2.05, 4.69) is 50.6 Å². The lowest BCUT2D eigenvalue weighted by Gasteiger charge is -2.26. The van der Waals surface area contributed by atoms with E-state index >= 15 is 0 Å². The first-order valence-electron chi connectivity index (χ1n) is 5.98. The highest BCUT2D eigenvalue weighted by molar-refractivity contribution is 5.00. The number of rotatable bonds is 8. The Balaban J connectivity index is 3.99. The van der Waals surface area contributed by atoms with Crippen LogP contribution in [0.25, 0.3) is 0 Å². The fourth-order valence-electron chi connectivity index (χ4n) is 1.41. The van der Waals surface area contributed by atoms with E-state index in [1.165, 1.54) is 5.57 Å². The van der Waals surface area contributed by atoms with Gasteiger partial charge < -0.3 is 5.32 Å². The van der Waals surface area contributed by atoms with E-state index in [0.29, 0.717) is 18.5 Å². The van der Waals surface area contributed by atoms with Gasteiger partial charge in [0.2, 0.25) is 0 Å². The minimum Gasteiger partial charge on any atom is -0.311 e. The third kappa shape index (κ3) is 7.44. The summed E-state index contributed by atoms with van der Waals surface area (Å²) in [6.07, 6.45) is 0.586. The summed E-state index contributed by atoms with van der Waals surface area (Å²) in [5.74, 6) is 0. The first kappa shape index (κ1) is 15.2. The zero-order chi connectivity index (χ0) is 12.6. The molecule has 0 aromatic carbocycles. The van der Waals surface area contributed by atoms with Crippen molar-refractivity contribution in [2.75, 3.05) is 19.6 Å². The van der Waals surface area contributed by atoms with Crippen LogP contribution in [0.15, 0.2) is 12.2 Å². The van der Waals surface area contributed by atoms with Gasteiger partial charge in [-0.3, -0.25) is 4.90 Å². The smallest absolute Gasteiger partial charge is 0.0635 e. The molecule has 0 unspecified atom stereocenters. The van der Waals surface area contributed by atoms with E-state index in [1.54, 1.807) is 0 Å². The van der Waals surface area contributed by atoms with Crippen molar-refractivity contribution >= 4 is 0 Å². The highest BCUT2D eigenvalue weighted by Crippen LogP contribution is 2.03. The molecule has 0 fully saturated rings. The molecule has 0 amide bonds. The monoisotopic (exact) mass is 223 g/mol. The Bertz CT molecular complexity index is 238. The van der Waals surface area contributed by atoms with E-state index in [9.17, 15) is 0 Å². The highest BCUT2D eigenvalue weighted by atomic mass is 15.1. The molecule has 0 saturated carbocycles. The van der Waals surface area contributed by atoms with Gasteiger partial charge >= 0.3 is 0 Å². The van der Waals surface area contributed by atoms with Gasteiger partial charge in [0.1, 0.15) is 0 Å². The van der Waals surface area contributed by atoms with Gasteiger partial charge in [-0.1, -0.05) is 20.4 Å². The van der Waals surface area contributed by atoms with Gasteiger partial charge in [0.15, 0.2) is 0 Å². The second-order valence-electron chi connectivity index (χ2n) is 4.76. The summed E-state index contributed by atoms with van der Waals surface area (Å²) in [5, 5.41) is 12.0. The van der Waals surface area contributed by atoms with Crippen molar-refractivity contribution in [1.29, 1.82) is 5.26 Å². The second-order valence-corrected chi connectivity index (χ2v) is 4.76. The van der Waals surface area contributed by atoms with Crippen LogP contribution in [0, 0.1) is 11.3 Å². The molecule has 3 nitrogen and oxygen atoms in total. The van der Waals surface area contributed by atoms with Gasteiger partial charge in [-0.2, -0.15) is 5.26 Å². The Kier molecular flexibility index (Phi) is 7.88. The Labute approximate surface area is 100 Å². The topological polar surface area (TPSA) is 39.1 Å². The SMILES string of the molecule is C=C(CNC(C)C)CN(CCC#N)C(C)C. The molecule has 0 saturated heterocycles. The summed E-state index contributed by atoms with van der Waals surface area (Å²) in [4.78, 5) is 2.29. The fourth-order valence-corrected chi connectivity index (χ4v) is 1.41. The van der Waals surface area contributed by atoms with E-state index < -0.39 is 0 Å². The molecule has 0 heterocycles. The zero-order valence-corrected chi connectivity index (χ0v) is 11.1. The first-order chi connectivity index (χ1) is 7.47. The van der Waals surface area contributed by atoms with E-state index in [4.69, 9.17) is 5.26 Å². The summed E-state index contributed by atoms with van der Waals surface area (Å²) in [7, 11) is 0. The quantitative estimate of drug-likeness (QED) is 0.641. The normalized spacial score (nSPS) is 11.1. The predicted octanol–water partition coefficient (Wildman–Crippen LogP) is 2.16. The van der Waals surface area contributed by atoms with Gasteiger partial charge in [-0.25, -0.2) is 0 Å². The Morgan fingerprint density at radius 3 is 2.44 bits per heavy atom. The lowest BCUT2D eigenvalue weighted by molar-refractivity contribution is 0.244. The summed E-state index contributed by atoms with van der Waals surface area (Å²) < 4.78 is 0. The molecular weight excluding hydrogens is 198 g/mol. The van der Waals surface area contributed by atoms with Gasteiger partial charge in [-0.15, -0.1) is 0 Å². The third-order valence-corrected chi connectivity index (χ3v) is 2.43. The van der Waals surface area contributed by atoms with Crippen LogP contribution < -0.4 is 5.32 Å². The average Bonchev–Trinajstić information content (AvgIpc) is 2.20. The van der Waals surface area contributed by atoms with Crippen molar-refractivity contribution in [2.45, 2.75) is 46.2 Å². The predicted molar refractivity (Wildman–Crippen MR) is 69.2 cm³/mol. The van der Waals surface area contributed by atoms with Crippen molar-refractivity contribution in [3.63, 3.8) is 0 Å². The standard InChI is InChI=1S/C13H25N3/c1-11(2)15-9-13(5)10-16(12(3)4)8-6-7-14/h11-12,15H,5-6,8-10H2,1-4H3. The number of hydrogen-bond acceptors (Lipinski definition) is 3. The van der Waals surface area contributed by atoms with Crippen LogP contribution >= 0.6 is 0 Å². The summed E-state index contributed by atoms with van der Waals surface area (Å²) >= 11 is 0. The van der Waals surface area contributed by atoms with Gasteiger partial charge in [0.05, 0.1) is 6.07 Å². The summed E-state index contributed by atoms with van der Waals surface area (Å²) in [6, 6.07) is 3.14. The van der Waals surface area contributed by atoms with Crippen LogP contribution in [0.2, 0.25) is 0 Å². The highest BCUT2D eigenvalue weighted by Gasteiger charge is 2.10. The minimum atomic E-state index is 0.462. The molecule has 3 heteroatoms. The maximum absolute atomic E-state index is 8.60. The lowest BCUT2D eigenvalue weighted by Crippen LogP contribution is -2.36. The number of hydrogen-bond donors (Lipinski definition) is 1. The molecule has 16 heavy (non-hydrogen) atoms. The molecule has 0 aliphatic heterocycles. The second kappa shape index (κ2) is 8.32. The molecule has 0 aromatic rings. The van der Waals surface area contributed by atoms with Crippen molar-refractivity contribution < 1.29 is 0 Å². The molecule has 92 valence electrons. The number of nitrogens with one attached hydrogen (secondary N) is 1. The van der Waals surface area contributed by atoms with Crippen molar-refractivity contribution in [2.24, 2.45) is 0 Å². The molecule has 0 radical (unpaired) electrons. The Morgan fingerprint density at radius 1 is 1.38 bits per heavy atom. The van der Waals surface area contributed by atoms with Crippen LogP contribution in [-0.2, 0) is 0 Å². The van der Waals surface area contributed by atoms with E-state index in [-0.39, 0.29) is 0 Å². The zero-order valence-electron chi connectivity index (χ0n) is 11.1. The molecular formula is C13H25N3. The van der Waals surface area contributed by atoms with E-state index in [0.717, 1.165) is 19.6 Å². The first-order valence-corrected chi connectivity index (χ1v) is 5.98. The van der Waals surface area contributed by atoms with Crippen LogP contribution in [-0.4, -0.2) is 36.6 Å². The molecule has 0 spiro atoms. The molecule has 0 aromatic heterocycles. The fraction of sp³-hybridized carbons (Fsp3) is 0.769. The summed E-state index contributed by atoms with van der Waals surface area (Å²) in [6.45, 7) is 15.2. The lowest BCUT2D eigenvalue weighted by atomic mass is 10.2. The molecule has 0 aliphatic carbocycles. The maximum Gasteiger partial charge on any atom is 0.0635 e. The number of nitrogens with zero attached hydrogens (tertiary/aromatic N) is 2. The van der Waals surface area contributed by atoms with Crippen molar-refractivity contribution in [1.82, 2.24) is 10.2 Å². The molecule has 1 N–H and O–H groups in total. The molecule has 0 aliphatic rings. The Morgan fingerprint density at radius 2 is 2.00 bits per heavy atom. The van der Waals surface area contributed by atoms with Gasteiger partial charge in [-0.05, 0) is 19.4 Å². The van der Waals surface area contributed by atoms with Gasteiger partial charge in [0, 0.05) is 38.1 Å². The molecule has 0 rings (SSSR count). The summed E-state index contributed by atoms with van der Waals surface area (Å²) in [5.41, 5.74) is 1.18. The number of nitriles is 1. The average molecular weight is 223 g/mol. The van der Waals surface area contributed by atoms with Crippen molar-refractivity contribution in [3.8, 4) is 6.07 Å². The van der Waals surface area contributed by atoms with Crippen LogP contribution in [0.4, 0.5) is 0 Å². The molecule has 0 bridgehead atoms. The maximum atomic E-state index is 8.60. The van der Waals surface area contributed by atoms with Crippen LogP contribution in [0.5, 0.6) is 0 Å². The van der Waals surface area contributed by atoms with Gasteiger partial charge in [0.25, 0.3) is 0 Å². The minimum absolute atomic E-state index is 0.462. The largest absolute Gasteiger partial charge is 0.311 e. The van der Waals surface area contributed by atoms with E-state index in [1.807, 2.05) is 0 Å². The third-order valence-electron chi connectivity index (χ3n) is 2.43. The van der Waals surface area contributed by atoms with Crippen LogP contribution in [0.1, 0.15) is 34.1 Å². The molecule has 0 atom stereocenters. The van der Waals surface area contributed by atoms with Crippen LogP contribution in [0.3, 0.4) is 0 Å². The Hall–Kier alpha value is -0.850. The van der Waals surface area contributed by atoms with Crippen molar-refractivity contribution in [3.05, 3.63) is 12.2 Å².